The molecule has 156 valence electrons. The van der Waals surface area contributed by atoms with Crippen molar-refractivity contribution < 1.29 is 14.3 Å². The largest absolute Gasteiger partial charge is 0.489 e. The number of carbonyl (C=O) groups excluding carboxylic acids is 1. The zero-order valence-electron chi connectivity index (χ0n) is 17.3. The first-order chi connectivity index (χ1) is 14.7. The summed E-state index contributed by atoms with van der Waals surface area (Å²) >= 11 is 1.67. The van der Waals surface area contributed by atoms with Gasteiger partial charge in [0.2, 0.25) is 0 Å². The Kier molecular flexibility index (Phi) is 6.82. The van der Waals surface area contributed by atoms with Crippen LogP contribution in [0.25, 0.3) is 0 Å². The van der Waals surface area contributed by atoms with Crippen LogP contribution in [0.5, 0.6) is 5.75 Å². The van der Waals surface area contributed by atoms with Crippen molar-refractivity contribution in [3.63, 3.8) is 0 Å². The molecule has 0 radical (unpaired) electrons. The van der Waals surface area contributed by atoms with E-state index in [4.69, 9.17) is 9.47 Å². The van der Waals surface area contributed by atoms with Gasteiger partial charge in [0.15, 0.2) is 0 Å². The van der Waals surface area contributed by atoms with Crippen LogP contribution >= 0.6 is 11.3 Å². The molecule has 1 fully saturated rings. The Labute approximate surface area is 182 Å². The van der Waals surface area contributed by atoms with E-state index in [1.165, 1.54) is 5.56 Å². The Morgan fingerprint density at radius 1 is 1.17 bits per heavy atom. The van der Waals surface area contributed by atoms with E-state index in [1.54, 1.807) is 11.3 Å². The molecule has 0 saturated carbocycles. The lowest BCUT2D eigenvalue weighted by Gasteiger charge is -2.26. The number of hydrogen-bond acceptors (Lipinski definition) is 4. The fourth-order valence-corrected chi connectivity index (χ4v) is 4.28. The minimum atomic E-state index is 0.0371. The zero-order valence-corrected chi connectivity index (χ0v) is 18.1. The molecule has 1 aliphatic rings. The number of hydrogen-bond donors (Lipinski definition) is 0. The van der Waals surface area contributed by atoms with Crippen molar-refractivity contribution in [2.45, 2.75) is 39.0 Å². The monoisotopic (exact) mass is 421 g/mol. The van der Waals surface area contributed by atoms with Crippen LogP contribution in [-0.2, 0) is 17.9 Å². The zero-order chi connectivity index (χ0) is 20.8. The molecule has 0 spiro atoms. The molecule has 4 nitrogen and oxygen atoms in total. The molecule has 30 heavy (non-hydrogen) atoms. The van der Waals surface area contributed by atoms with Crippen molar-refractivity contribution >= 4 is 17.2 Å². The van der Waals surface area contributed by atoms with Crippen LogP contribution in [0.4, 0.5) is 0 Å². The maximum absolute atomic E-state index is 13.3. The first kappa shape index (κ1) is 20.6. The molecule has 0 unspecified atom stereocenters. The van der Waals surface area contributed by atoms with Crippen LogP contribution in [0.15, 0.2) is 65.4 Å². The summed E-state index contributed by atoms with van der Waals surface area (Å²) in [5.74, 6) is 0.855. The number of thiophene rings is 1. The Morgan fingerprint density at radius 3 is 2.77 bits per heavy atom. The van der Waals surface area contributed by atoms with E-state index in [0.29, 0.717) is 25.3 Å². The number of nitrogens with zero attached hydrogens (tertiary/aromatic N) is 1. The van der Waals surface area contributed by atoms with Crippen molar-refractivity contribution in [1.82, 2.24) is 4.90 Å². The van der Waals surface area contributed by atoms with Crippen LogP contribution in [0.3, 0.4) is 0 Å². The highest BCUT2D eigenvalue weighted by molar-refractivity contribution is 7.07. The summed E-state index contributed by atoms with van der Waals surface area (Å²) in [7, 11) is 0. The van der Waals surface area contributed by atoms with E-state index in [0.717, 1.165) is 36.3 Å². The van der Waals surface area contributed by atoms with Crippen LogP contribution < -0.4 is 4.74 Å². The molecule has 2 heterocycles. The van der Waals surface area contributed by atoms with Crippen molar-refractivity contribution in [3.05, 3.63) is 87.6 Å². The molecule has 3 aromatic rings. The topological polar surface area (TPSA) is 38.8 Å². The van der Waals surface area contributed by atoms with Crippen molar-refractivity contribution in [3.8, 4) is 5.75 Å². The van der Waals surface area contributed by atoms with Gasteiger partial charge in [0.1, 0.15) is 12.4 Å². The molecule has 5 heteroatoms. The van der Waals surface area contributed by atoms with Gasteiger partial charge in [0, 0.05) is 25.3 Å². The maximum atomic E-state index is 13.3. The Balaban J connectivity index is 1.48. The van der Waals surface area contributed by atoms with Crippen molar-refractivity contribution in [2.75, 3.05) is 13.2 Å². The summed E-state index contributed by atoms with van der Waals surface area (Å²) in [6, 6.07) is 17.9. The van der Waals surface area contributed by atoms with E-state index in [2.05, 4.69) is 16.8 Å². The number of ether oxygens (including phenoxy) is 2. The van der Waals surface area contributed by atoms with Crippen LogP contribution in [0.1, 0.15) is 39.9 Å². The summed E-state index contributed by atoms with van der Waals surface area (Å²) < 4.78 is 11.8. The summed E-state index contributed by atoms with van der Waals surface area (Å²) in [6.45, 7) is 4.49. The predicted molar refractivity (Wildman–Crippen MR) is 120 cm³/mol. The van der Waals surface area contributed by atoms with Gasteiger partial charge < -0.3 is 14.4 Å². The third-order valence-corrected chi connectivity index (χ3v) is 6.02. The number of benzene rings is 2. The van der Waals surface area contributed by atoms with E-state index in [-0.39, 0.29) is 12.0 Å². The maximum Gasteiger partial charge on any atom is 0.254 e. The highest BCUT2D eigenvalue weighted by Gasteiger charge is 2.23. The average molecular weight is 422 g/mol. The van der Waals surface area contributed by atoms with E-state index in [9.17, 15) is 4.79 Å². The molecule has 1 aliphatic heterocycles. The highest BCUT2D eigenvalue weighted by Crippen LogP contribution is 2.21. The van der Waals surface area contributed by atoms with Crippen LogP contribution in [0.2, 0.25) is 0 Å². The quantitative estimate of drug-likeness (QED) is 0.485. The normalized spacial score (nSPS) is 15.8. The standard InChI is InChI=1S/C25H27NO3S/c1-19-7-9-22(10-8-19)25(27)26(16-24-6-3-12-28-24)15-20-4-2-5-23(14-20)29-17-21-11-13-30-18-21/h2,4-5,7-11,13-14,18,24H,3,6,12,15-17H2,1H3/t24-/m0/s1. The van der Waals surface area contributed by atoms with Gasteiger partial charge in [-0.05, 0) is 72.0 Å². The van der Waals surface area contributed by atoms with Gasteiger partial charge in [0.25, 0.3) is 5.91 Å². The van der Waals surface area contributed by atoms with Gasteiger partial charge in [0.05, 0.1) is 6.10 Å². The second-order valence-electron chi connectivity index (χ2n) is 7.75. The van der Waals surface area contributed by atoms with Crippen LogP contribution in [-0.4, -0.2) is 30.1 Å². The number of rotatable bonds is 8. The van der Waals surface area contributed by atoms with Gasteiger partial charge in [-0.1, -0.05) is 29.8 Å². The fourth-order valence-electron chi connectivity index (χ4n) is 3.63. The first-order valence-corrected chi connectivity index (χ1v) is 11.3. The number of carbonyl (C=O) groups is 1. The Hall–Kier alpha value is -2.63. The van der Waals surface area contributed by atoms with Crippen molar-refractivity contribution in [2.24, 2.45) is 0 Å². The lowest BCUT2D eigenvalue weighted by atomic mass is 10.1. The average Bonchev–Trinajstić information content (AvgIpc) is 3.46. The fraction of sp³-hybridized carbons (Fsp3) is 0.320. The molecule has 0 aliphatic carbocycles. The molecular formula is C25H27NO3S. The summed E-state index contributed by atoms with van der Waals surface area (Å²) in [5, 5.41) is 4.14. The summed E-state index contributed by atoms with van der Waals surface area (Å²) in [5.41, 5.74) is 4.08. The molecular weight excluding hydrogens is 394 g/mol. The minimum absolute atomic E-state index is 0.0371. The Bertz CT molecular complexity index is 947. The molecule has 1 saturated heterocycles. The van der Waals surface area contributed by atoms with Gasteiger partial charge >= 0.3 is 0 Å². The molecule has 0 N–H and O–H groups in total. The second-order valence-corrected chi connectivity index (χ2v) is 8.53. The summed E-state index contributed by atoms with van der Waals surface area (Å²) in [6.07, 6.45) is 2.17. The Morgan fingerprint density at radius 2 is 2.03 bits per heavy atom. The second kappa shape index (κ2) is 9.92. The third-order valence-electron chi connectivity index (χ3n) is 5.29. The molecule has 1 atom stereocenters. The third kappa shape index (κ3) is 5.49. The highest BCUT2D eigenvalue weighted by atomic mass is 32.1. The van der Waals surface area contributed by atoms with Crippen LogP contribution in [0, 0.1) is 6.92 Å². The van der Waals surface area contributed by atoms with E-state index < -0.39 is 0 Å². The smallest absolute Gasteiger partial charge is 0.254 e. The molecule has 1 aromatic heterocycles. The molecule has 0 bridgehead atoms. The van der Waals surface area contributed by atoms with Gasteiger partial charge in [-0.15, -0.1) is 0 Å². The number of aryl methyl sites for hydroxylation is 1. The minimum Gasteiger partial charge on any atom is -0.489 e. The van der Waals surface area contributed by atoms with Gasteiger partial charge in [-0.3, -0.25) is 4.79 Å². The first-order valence-electron chi connectivity index (χ1n) is 10.4. The van der Waals surface area contributed by atoms with Gasteiger partial charge in [-0.25, -0.2) is 0 Å². The molecule has 1 amide bonds. The van der Waals surface area contributed by atoms with E-state index >= 15 is 0 Å². The lowest BCUT2D eigenvalue weighted by Crippen LogP contribution is -2.37. The lowest BCUT2D eigenvalue weighted by molar-refractivity contribution is 0.0507. The van der Waals surface area contributed by atoms with Crippen molar-refractivity contribution in [1.29, 1.82) is 0 Å². The van der Waals surface area contributed by atoms with Gasteiger partial charge in [-0.2, -0.15) is 11.3 Å². The number of amides is 1. The van der Waals surface area contributed by atoms with E-state index in [1.807, 2.05) is 60.4 Å². The SMILES string of the molecule is Cc1ccc(C(=O)N(Cc2cccc(OCc3ccsc3)c2)C[C@@H]2CCCO2)cc1. The predicted octanol–water partition coefficient (Wildman–Crippen LogP) is 5.46. The summed E-state index contributed by atoms with van der Waals surface area (Å²) in [4.78, 5) is 15.2. The molecule has 4 rings (SSSR count). The molecule has 2 aromatic carbocycles.